The van der Waals surface area contributed by atoms with E-state index in [1.807, 2.05) is 6.07 Å². The van der Waals surface area contributed by atoms with Crippen molar-refractivity contribution in [2.24, 2.45) is 0 Å². The van der Waals surface area contributed by atoms with Gasteiger partial charge in [0.2, 0.25) is 0 Å². The molecule has 0 spiro atoms. The Morgan fingerprint density at radius 3 is 2.83 bits per heavy atom. The highest BCUT2D eigenvalue weighted by atomic mass is 32.2. The molecule has 0 saturated heterocycles. The fourth-order valence-electron chi connectivity index (χ4n) is 1.39. The van der Waals surface area contributed by atoms with Crippen LogP contribution in [0.15, 0.2) is 18.5 Å². The number of hydrogen-bond acceptors (Lipinski definition) is 4. The second-order valence-electron chi connectivity index (χ2n) is 4.37. The molecule has 0 aliphatic rings. The third-order valence-corrected chi connectivity index (χ3v) is 4.12. The average Bonchev–Trinajstić information content (AvgIpc) is 2.42. The molecule has 18 heavy (non-hydrogen) atoms. The molecule has 1 rings (SSSR count). The van der Waals surface area contributed by atoms with Gasteiger partial charge in [-0.2, -0.15) is 11.8 Å². The van der Waals surface area contributed by atoms with E-state index in [2.05, 4.69) is 25.8 Å². The molecule has 1 aromatic heterocycles. The summed E-state index contributed by atoms with van der Waals surface area (Å²) in [6.07, 6.45) is 5.02. The van der Waals surface area contributed by atoms with E-state index < -0.39 is 6.10 Å². The van der Waals surface area contributed by atoms with Crippen molar-refractivity contribution in [2.75, 3.05) is 12.4 Å². The minimum absolute atomic E-state index is 0.471. The Hall–Kier alpha value is -0.740. The molecule has 0 aliphatic carbocycles. The smallest absolute Gasteiger partial charge is 0.137 e. The number of rotatable bonds is 8. The van der Waals surface area contributed by atoms with Crippen molar-refractivity contribution < 1.29 is 9.84 Å². The maximum Gasteiger partial charge on any atom is 0.137 e. The lowest BCUT2D eigenvalue weighted by Crippen LogP contribution is -2.05. The summed E-state index contributed by atoms with van der Waals surface area (Å²) in [5.74, 6) is 1.44. The summed E-state index contributed by atoms with van der Waals surface area (Å²) in [7, 11) is 0. The predicted octanol–water partition coefficient (Wildman–Crippen LogP) is 3.44. The number of hydrogen-bond donors (Lipinski definition) is 1. The molecule has 4 heteroatoms. The van der Waals surface area contributed by atoms with Gasteiger partial charge in [-0.15, -0.1) is 0 Å². The summed E-state index contributed by atoms with van der Waals surface area (Å²) < 4.78 is 5.51. The number of ether oxygens (including phenoxy) is 1. The van der Waals surface area contributed by atoms with Crippen molar-refractivity contribution >= 4 is 11.8 Å². The minimum atomic E-state index is -0.471. The van der Waals surface area contributed by atoms with Crippen LogP contribution in [-0.2, 0) is 0 Å². The highest BCUT2D eigenvalue weighted by Gasteiger charge is 2.11. The van der Waals surface area contributed by atoms with Gasteiger partial charge in [0.1, 0.15) is 5.75 Å². The molecule has 1 N–H and O–H groups in total. The molecule has 0 saturated carbocycles. The molecule has 2 unspecified atom stereocenters. The van der Waals surface area contributed by atoms with E-state index in [4.69, 9.17) is 4.74 Å². The summed E-state index contributed by atoms with van der Waals surface area (Å²) >= 11 is 1.78. The van der Waals surface area contributed by atoms with E-state index in [-0.39, 0.29) is 0 Å². The first-order valence-electron chi connectivity index (χ1n) is 6.54. The lowest BCUT2D eigenvalue weighted by Gasteiger charge is -2.14. The van der Waals surface area contributed by atoms with Gasteiger partial charge in [-0.3, -0.25) is 4.98 Å². The highest BCUT2D eigenvalue weighted by molar-refractivity contribution is 7.99. The summed E-state index contributed by atoms with van der Waals surface area (Å²) in [6, 6.07) is 1.88. The molecule has 1 aromatic rings. The van der Waals surface area contributed by atoms with Gasteiger partial charge in [-0.05, 0) is 18.9 Å². The molecule has 0 aliphatic heterocycles. The van der Waals surface area contributed by atoms with Crippen molar-refractivity contribution in [1.29, 1.82) is 0 Å². The first-order valence-corrected chi connectivity index (χ1v) is 7.59. The predicted molar refractivity (Wildman–Crippen MR) is 77.2 cm³/mol. The van der Waals surface area contributed by atoms with E-state index in [1.165, 1.54) is 0 Å². The Morgan fingerprint density at radius 1 is 1.39 bits per heavy atom. The molecule has 0 fully saturated rings. The summed E-state index contributed by atoms with van der Waals surface area (Å²) in [5.41, 5.74) is 0.833. The van der Waals surface area contributed by atoms with Crippen molar-refractivity contribution in [1.82, 2.24) is 4.98 Å². The zero-order valence-corrected chi connectivity index (χ0v) is 12.2. The standard InChI is InChI=1S/C14H23NO2S/c1-4-6-17-13-7-12(8-15-9-13)14(16)10-18-11(3)5-2/h7-9,11,14,16H,4-6,10H2,1-3H3. The van der Waals surface area contributed by atoms with Crippen LogP contribution in [0.2, 0.25) is 0 Å². The van der Waals surface area contributed by atoms with Gasteiger partial charge in [-0.1, -0.05) is 20.8 Å². The molecule has 1 heterocycles. The molecule has 102 valence electrons. The lowest BCUT2D eigenvalue weighted by molar-refractivity contribution is 0.202. The van der Waals surface area contributed by atoms with Crippen LogP contribution in [0.5, 0.6) is 5.75 Å². The molecule has 0 aromatic carbocycles. The Labute approximate surface area is 114 Å². The molecule has 2 atom stereocenters. The summed E-state index contributed by atoms with van der Waals surface area (Å²) in [4.78, 5) is 4.11. The highest BCUT2D eigenvalue weighted by Crippen LogP contribution is 2.24. The third kappa shape index (κ3) is 5.27. The quantitative estimate of drug-likeness (QED) is 0.785. The fraction of sp³-hybridized carbons (Fsp3) is 0.643. The normalized spacial score (nSPS) is 14.2. The van der Waals surface area contributed by atoms with Crippen LogP contribution in [0.3, 0.4) is 0 Å². The minimum Gasteiger partial charge on any atom is -0.492 e. The number of aliphatic hydroxyl groups excluding tert-OH is 1. The van der Waals surface area contributed by atoms with Gasteiger partial charge < -0.3 is 9.84 Å². The van der Waals surface area contributed by atoms with E-state index in [0.29, 0.717) is 17.6 Å². The van der Waals surface area contributed by atoms with Gasteiger partial charge in [0.05, 0.1) is 18.9 Å². The van der Waals surface area contributed by atoms with E-state index in [9.17, 15) is 5.11 Å². The Kier molecular flexibility index (Phi) is 7.13. The molecule has 3 nitrogen and oxygen atoms in total. The van der Waals surface area contributed by atoms with Crippen LogP contribution in [0.25, 0.3) is 0 Å². The Balaban J connectivity index is 2.53. The Morgan fingerprint density at radius 2 is 2.17 bits per heavy atom. The monoisotopic (exact) mass is 269 g/mol. The molecule has 0 amide bonds. The van der Waals surface area contributed by atoms with Crippen LogP contribution < -0.4 is 4.74 Å². The fourth-order valence-corrected chi connectivity index (χ4v) is 2.33. The van der Waals surface area contributed by atoms with Crippen molar-refractivity contribution in [2.45, 2.75) is 45.0 Å². The maximum absolute atomic E-state index is 10.1. The van der Waals surface area contributed by atoms with Gasteiger partial charge in [0.25, 0.3) is 0 Å². The van der Waals surface area contributed by atoms with Crippen LogP contribution in [-0.4, -0.2) is 27.7 Å². The number of thioether (sulfide) groups is 1. The van der Waals surface area contributed by atoms with Crippen LogP contribution >= 0.6 is 11.8 Å². The van der Waals surface area contributed by atoms with Crippen LogP contribution in [0.4, 0.5) is 0 Å². The molecular formula is C14H23NO2S. The van der Waals surface area contributed by atoms with Crippen molar-refractivity contribution in [3.8, 4) is 5.75 Å². The number of nitrogens with zero attached hydrogens (tertiary/aromatic N) is 1. The second-order valence-corrected chi connectivity index (χ2v) is 5.84. The maximum atomic E-state index is 10.1. The number of pyridine rings is 1. The van der Waals surface area contributed by atoms with Gasteiger partial charge in [0.15, 0.2) is 0 Å². The second kappa shape index (κ2) is 8.38. The number of aliphatic hydroxyl groups is 1. The molecule has 0 bridgehead atoms. The van der Waals surface area contributed by atoms with Crippen LogP contribution in [0, 0.1) is 0 Å². The first-order chi connectivity index (χ1) is 8.67. The zero-order chi connectivity index (χ0) is 13.4. The van der Waals surface area contributed by atoms with Gasteiger partial charge in [0, 0.05) is 22.8 Å². The average molecular weight is 269 g/mol. The lowest BCUT2D eigenvalue weighted by atomic mass is 10.2. The van der Waals surface area contributed by atoms with Gasteiger partial charge in [-0.25, -0.2) is 0 Å². The molecular weight excluding hydrogens is 246 g/mol. The largest absolute Gasteiger partial charge is 0.492 e. The van der Waals surface area contributed by atoms with Crippen LogP contribution in [0.1, 0.15) is 45.3 Å². The summed E-state index contributed by atoms with van der Waals surface area (Å²) in [5, 5.41) is 10.7. The van der Waals surface area contributed by atoms with Crippen molar-refractivity contribution in [3.05, 3.63) is 24.0 Å². The topological polar surface area (TPSA) is 42.4 Å². The van der Waals surface area contributed by atoms with Crippen molar-refractivity contribution in [3.63, 3.8) is 0 Å². The third-order valence-electron chi connectivity index (χ3n) is 2.71. The van der Waals surface area contributed by atoms with E-state index in [1.54, 1.807) is 24.2 Å². The Bertz CT molecular complexity index is 346. The van der Waals surface area contributed by atoms with E-state index >= 15 is 0 Å². The van der Waals surface area contributed by atoms with E-state index in [0.717, 1.165) is 24.2 Å². The SMILES string of the molecule is CCCOc1cncc(C(O)CSC(C)CC)c1. The van der Waals surface area contributed by atoms with Gasteiger partial charge >= 0.3 is 0 Å². The first kappa shape index (κ1) is 15.3. The molecule has 0 radical (unpaired) electrons. The zero-order valence-electron chi connectivity index (χ0n) is 11.4. The number of aromatic nitrogens is 1. The summed E-state index contributed by atoms with van der Waals surface area (Å²) in [6.45, 7) is 7.08.